The van der Waals surface area contributed by atoms with Gasteiger partial charge in [0.2, 0.25) is 11.8 Å². The van der Waals surface area contributed by atoms with Gasteiger partial charge in [-0.25, -0.2) is 0 Å². The van der Waals surface area contributed by atoms with E-state index in [-0.39, 0.29) is 24.3 Å². The highest BCUT2D eigenvalue weighted by Crippen LogP contribution is 2.27. The van der Waals surface area contributed by atoms with E-state index in [1.165, 1.54) is 10.9 Å². The Hall–Kier alpha value is -3.08. The Kier molecular flexibility index (Phi) is 5.42. The van der Waals surface area contributed by atoms with E-state index in [4.69, 9.17) is 0 Å². The molecule has 3 aromatic rings. The fourth-order valence-corrected chi connectivity index (χ4v) is 3.92. The van der Waals surface area contributed by atoms with Gasteiger partial charge in [0.15, 0.2) is 0 Å². The number of nitrogens with one attached hydrogen (secondary N) is 1. The SMILES string of the molecule is O=C(CN1CC(c2ccccc2)CC1=O)NCCCn1ccc2ccccc21. The van der Waals surface area contributed by atoms with Crippen molar-refractivity contribution in [3.8, 4) is 0 Å². The first kappa shape index (κ1) is 18.3. The summed E-state index contributed by atoms with van der Waals surface area (Å²) in [5.74, 6) is 0.158. The summed E-state index contributed by atoms with van der Waals surface area (Å²) in [6, 6.07) is 20.4. The predicted octanol–water partition coefficient (Wildman–Crippen LogP) is 3.16. The van der Waals surface area contributed by atoms with Crippen molar-refractivity contribution >= 4 is 22.7 Å². The smallest absolute Gasteiger partial charge is 0.239 e. The number of nitrogens with zero attached hydrogens (tertiary/aromatic N) is 2. The molecule has 5 heteroatoms. The molecular weight excluding hydrogens is 350 g/mol. The Balaban J connectivity index is 1.22. The van der Waals surface area contributed by atoms with Gasteiger partial charge >= 0.3 is 0 Å². The molecule has 2 aromatic carbocycles. The second kappa shape index (κ2) is 8.30. The van der Waals surface area contributed by atoms with Crippen molar-refractivity contribution in [3.05, 3.63) is 72.4 Å². The minimum atomic E-state index is -0.0839. The molecule has 1 aromatic heterocycles. The molecule has 0 radical (unpaired) electrons. The van der Waals surface area contributed by atoms with Crippen LogP contribution in [0, 0.1) is 0 Å². The van der Waals surface area contributed by atoms with Crippen LogP contribution in [0.15, 0.2) is 66.9 Å². The van der Waals surface area contributed by atoms with E-state index >= 15 is 0 Å². The van der Waals surface area contributed by atoms with Crippen molar-refractivity contribution in [1.29, 1.82) is 0 Å². The zero-order chi connectivity index (χ0) is 19.3. The van der Waals surface area contributed by atoms with Gasteiger partial charge in [0.05, 0.1) is 6.54 Å². The van der Waals surface area contributed by atoms with E-state index < -0.39 is 0 Å². The number of hydrogen-bond donors (Lipinski definition) is 1. The first-order chi connectivity index (χ1) is 13.7. The first-order valence-corrected chi connectivity index (χ1v) is 9.84. The second-order valence-corrected chi connectivity index (χ2v) is 7.36. The lowest BCUT2D eigenvalue weighted by Crippen LogP contribution is -2.38. The maximum Gasteiger partial charge on any atom is 0.239 e. The van der Waals surface area contributed by atoms with Gasteiger partial charge < -0.3 is 14.8 Å². The molecule has 1 atom stereocenters. The Morgan fingerprint density at radius 1 is 1.04 bits per heavy atom. The summed E-state index contributed by atoms with van der Waals surface area (Å²) in [4.78, 5) is 26.2. The molecule has 5 nitrogen and oxygen atoms in total. The second-order valence-electron chi connectivity index (χ2n) is 7.36. The number of carbonyl (C=O) groups is 2. The van der Waals surface area contributed by atoms with Crippen molar-refractivity contribution in [2.24, 2.45) is 0 Å². The Labute approximate surface area is 165 Å². The van der Waals surface area contributed by atoms with E-state index in [1.807, 2.05) is 42.5 Å². The minimum Gasteiger partial charge on any atom is -0.354 e. The Morgan fingerprint density at radius 2 is 1.82 bits per heavy atom. The van der Waals surface area contributed by atoms with Crippen molar-refractivity contribution < 1.29 is 9.59 Å². The number of hydrogen-bond acceptors (Lipinski definition) is 2. The average molecular weight is 375 g/mol. The number of para-hydroxylation sites is 1. The van der Waals surface area contributed by atoms with E-state index in [0.717, 1.165) is 18.5 Å². The maximum atomic E-state index is 12.2. The summed E-state index contributed by atoms with van der Waals surface area (Å²) < 4.78 is 2.20. The van der Waals surface area contributed by atoms with Crippen LogP contribution >= 0.6 is 0 Å². The van der Waals surface area contributed by atoms with E-state index in [0.29, 0.717) is 19.5 Å². The quantitative estimate of drug-likeness (QED) is 0.645. The molecule has 1 aliphatic rings. The lowest BCUT2D eigenvalue weighted by molar-refractivity contribution is -0.133. The van der Waals surface area contributed by atoms with Gasteiger partial charge in [-0.15, -0.1) is 0 Å². The Morgan fingerprint density at radius 3 is 2.68 bits per heavy atom. The number of likely N-dealkylation sites (tertiary alicyclic amines) is 1. The molecule has 1 N–H and O–H groups in total. The fourth-order valence-electron chi connectivity index (χ4n) is 3.92. The Bertz CT molecular complexity index is 964. The van der Waals surface area contributed by atoms with Crippen LogP contribution in [0.4, 0.5) is 0 Å². The lowest BCUT2D eigenvalue weighted by atomic mass is 9.99. The molecule has 0 aliphatic carbocycles. The largest absolute Gasteiger partial charge is 0.354 e. The summed E-state index contributed by atoms with van der Waals surface area (Å²) in [7, 11) is 0. The fraction of sp³-hybridized carbons (Fsp3) is 0.304. The number of carbonyl (C=O) groups excluding carboxylic acids is 2. The third kappa shape index (κ3) is 4.09. The molecule has 144 valence electrons. The standard InChI is InChI=1S/C23H25N3O2/c27-22(17-26-16-20(15-23(26)28)18-7-2-1-3-8-18)24-12-6-13-25-14-11-19-9-4-5-10-21(19)25/h1-5,7-11,14,20H,6,12-13,15-17H2,(H,24,27). The molecule has 1 fully saturated rings. The van der Waals surface area contributed by atoms with Crippen molar-refractivity contribution in [2.75, 3.05) is 19.6 Å². The molecule has 1 unspecified atom stereocenters. The van der Waals surface area contributed by atoms with Crippen LogP contribution in [0.1, 0.15) is 24.3 Å². The maximum absolute atomic E-state index is 12.2. The molecule has 28 heavy (non-hydrogen) atoms. The average Bonchev–Trinajstić information content (AvgIpc) is 3.30. The van der Waals surface area contributed by atoms with Gasteiger partial charge in [-0.3, -0.25) is 9.59 Å². The van der Waals surface area contributed by atoms with Crippen molar-refractivity contribution in [3.63, 3.8) is 0 Å². The van der Waals surface area contributed by atoms with Gasteiger partial charge in [0, 0.05) is 43.7 Å². The predicted molar refractivity (Wildman–Crippen MR) is 110 cm³/mol. The number of aryl methyl sites for hydroxylation is 1. The molecule has 0 bridgehead atoms. The molecule has 2 heterocycles. The van der Waals surface area contributed by atoms with Crippen LogP contribution in [0.3, 0.4) is 0 Å². The molecule has 4 rings (SSSR count). The number of benzene rings is 2. The summed E-state index contributed by atoms with van der Waals surface area (Å²) >= 11 is 0. The highest BCUT2D eigenvalue weighted by Gasteiger charge is 2.31. The number of fused-ring (bicyclic) bond motifs is 1. The number of amides is 2. The van der Waals surface area contributed by atoms with E-state index in [9.17, 15) is 9.59 Å². The van der Waals surface area contributed by atoms with Crippen molar-refractivity contribution in [1.82, 2.24) is 14.8 Å². The van der Waals surface area contributed by atoms with Crippen LogP contribution in [0.2, 0.25) is 0 Å². The van der Waals surface area contributed by atoms with Gasteiger partial charge in [0.25, 0.3) is 0 Å². The summed E-state index contributed by atoms with van der Waals surface area (Å²) in [6.07, 6.45) is 3.42. The van der Waals surface area contributed by atoms with E-state index in [2.05, 4.69) is 34.3 Å². The first-order valence-electron chi connectivity index (χ1n) is 9.84. The van der Waals surface area contributed by atoms with E-state index in [1.54, 1.807) is 4.90 Å². The molecule has 1 aliphatic heterocycles. The summed E-state index contributed by atoms with van der Waals surface area (Å²) in [5.41, 5.74) is 2.38. The van der Waals surface area contributed by atoms with Crippen LogP contribution in [0.5, 0.6) is 0 Å². The zero-order valence-electron chi connectivity index (χ0n) is 15.9. The van der Waals surface area contributed by atoms with Crippen LogP contribution in [-0.2, 0) is 16.1 Å². The topological polar surface area (TPSA) is 54.3 Å². The van der Waals surface area contributed by atoms with Crippen LogP contribution in [0.25, 0.3) is 10.9 Å². The number of rotatable bonds is 7. The lowest BCUT2D eigenvalue weighted by Gasteiger charge is -2.16. The van der Waals surface area contributed by atoms with Crippen LogP contribution < -0.4 is 5.32 Å². The van der Waals surface area contributed by atoms with Crippen LogP contribution in [-0.4, -0.2) is 40.9 Å². The third-order valence-corrected chi connectivity index (χ3v) is 5.40. The minimum absolute atomic E-state index is 0.0582. The molecule has 1 saturated heterocycles. The highest BCUT2D eigenvalue weighted by molar-refractivity contribution is 5.86. The monoisotopic (exact) mass is 375 g/mol. The summed E-state index contributed by atoms with van der Waals surface area (Å²) in [5, 5.41) is 4.18. The van der Waals surface area contributed by atoms with Crippen molar-refractivity contribution in [2.45, 2.75) is 25.3 Å². The van der Waals surface area contributed by atoms with Gasteiger partial charge in [0.1, 0.15) is 0 Å². The van der Waals surface area contributed by atoms with Gasteiger partial charge in [-0.1, -0.05) is 48.5 Å². The number of aromatic nitrogens is 1. The molecule has 2 amide bonds. The molecule has 0 saturated carbocycles. The molecule has 0 spiro atoms. The molecular formula is C23H25N3O2. The normalized spacial score (nSPS) is 16.6. The van der Waals surface area contributed by atoms with Gasteiger partial charge in [-0.05, 0) is 29.5 Å². The zero-order valence-corrected chi connectivity index (χ0v) is 15.9. The third-order valence-electron chi connectivity index (χ3n) is 5.40. The van der Waals surface area contributed by atoms with Gasteiger partial charge in [-0.2, -0.15) is 0 Å². The summed E-state index contributed by atoms with van der Waals surface area (Å²) in [6.45, 7) is 2.22. The highest BCUT2D eigenvalue weighted by atomic mass is 16.2.